The molecule has 0 amide bonds. The van der Waals surface area contributed by atoms with Gasteiger partial charge in [0.25, 0.3) is 7.82 Å². The van der Waals surface area contributed by atoms with Crippen molar-refractivity contribution in [1.29, 1.82) is 0 Å². The number of carbonyl (C=O) groups is 2. The molecule has 0 fully saturated rings. The van der Waals surface area contributed by atoms with Crippen molar-refractivity contribution >= 4 is 19.8 Å². The van der Waals surface area contributed by atoms with E-state index in [2.05, 4.69) is 148 Å². The van der Waals surface area contributed by atoms with Crippen LogP contribution in [0.25, 0.3) is 0 Å². The number of hydrogen-bond acceptors (Lipinski definition) is 8. The number of ether oxygens (including phenoxy) is 2. The zero-order valence-electron chi connectivity index (χ0n) is 53.1. The van der Waals surface area contributed by atoms with Crippen molar-refractivity contribution in [3.63, 3.8) is 0 Å². The van der Waals surface area contributed by atoms with Gasteiger partial charge >= 0.3 is 11.9 Å². The van der Waals surface area contributed by atoms with Crippen LogP contribution in [0.3, 0.4) is 0 Å². The van der Waals surface area contributed by atoms with Gasteiger partial charge in [0, 0.05) is 12.8 Å². The molecule has 0 aromatic carbocycles. The van der Waals surface area contributed by atoms with Gasteiger partial charge in [0.15, 0.2) is 6.10 Å². The fourth-order valence-electron chi connectivity index (χ4n) is 8.62. The van der Waals surface area contributed by atoms with E-state index in [0.29, 0.717) is 17.4 Å². The Hall–Kier alpha value is -3.85. The summed E-state index contributed by atoms with van der Waals surface area (Å²) in [5.41, 5.74) is 0. The minimum Gasteiger partial charge on any atom is -0.756 e. The first-order valence-electron chi connectivity index (χ1n) is 32.9. The standard InChI is InChI=1S/C72H122NO8P/c1-6-8-10-12-14-16-18-20-22-24-26-28-30-32-34-36-38-40-42-44-46-48-50-52-54-56-58-60-62-64-71(74)78-68-70(69-80-82(76,77)79-67-66-73(3,4)5)81-72(75)65-63-61-59-57-55-53-51-49-47-45-43-41-39-37-35-33-31-29-27-25-23-21-19-17-15-13-11-9-7-2/h9,11,15,17-18,20-21,23-24,26-27,29-30,32-33,35,39,41,45,47,51,53,70H,6-8,10,12-14,16,19,22,25,28,31,34,36-38,40,42-44,46,48-50,52,54-69H2,1-5H3/b11-9-,17-15-,20-18-,23-21-,26-24-,29-27-,32-30-,35-33-,41-39-,47-45-,53-51-. The lowest BCUT2D eigenvalue weighted by molar-refractivity contribution is -0.870. The summed E-state index contributed by atoms with van der Waals surface area (Å²) in [6, 6.07) is 0. The van der Waals surface area contributed by atoms with Gasteiger partial charge in [-0.15, -0.1) is 0 Å². The molecule has 0 rings (SSSR count). The molecule has 0 N–H and O–H groups in total. The van der Waals surface area contributed by atoms with E-state index in [1.807, 2.05) is 21.1 Å². The van der Waals surface area contributed by atoms with Crippen molar-refractivity contribution in [3.8, 4) is 0 Å². The fourth-order valence-corrected chi connectivity index (χ4v) is 9.35. The molecular weight excluding hydrogens is 1040 g/mol. The van der Waals surface area contributed by atoms with E-state index >= 15 is 0 Å². The Kier molecular flexibility index (Phi) is 58.8. The summed E-state index contributed by atoms with van der Waals surface area (Å²) in [6.45, 7) is 4.08. The molecule has 0 aliphatic carbocycles. The van der Waals surface area contributed by atoms with E-state index in [4.69, 9.17) is 18.5 Å². The molecule has 0 spiro atoms. The first kappa shape index (κ1) is 78.1. The predicted octanol–water partition coefficient (Wildman–Crippen LogP) is 20.6. The number of nitrogens with zero attached hydrogens (tertiary/aromatic N) is 1. The number of quaternary nitrogens is 1. The minimum atomic E-state index is -4.66. The van der Waals surface area contributed by atoms with Crippen molar-refractivity contribution in [3.05, 3.63) is 134 Å². The van der Waals surface area contributed by atoms with Crippen LogP contribution in [0.5, 0.6) is 0 Å². The van der Waals surface area contributed by atoms with Gasteiger partial charge in [0.2, 0.25) is 0 Å². The Morgan fingerprint density at radius 1 is 0.390 bits per heavy atom. The lowest BCUT2D eigenvalue weighted by Crippen LogP contribution is -2.37. The molecule has 0 aliphatic rings. The number of unbranched alkanes of at least 4 members (excludes halogenated alkanes) is 23. The Labute approximate surface area is 504 Å². The lowest BCUT2D eigenvalue weighted by atomic mass is 10.0. The highest BCUT2D eigenvalue weighted by Gasteiger charge is 2.22. The normalized spacial score (nSPS) is 14.1. The van der Waals surface area contributed by atoms with Crippen molar-refractivity contribution < 1.29 is 42.1 Å². The van der Waals surface area contributed by atoms with Gasteiger partial charge in [-0.1, -0.05) is 263 Å². The molecule has 0 bridgehead atoms. The van der Waals surface area contributed by atoms with E-state index in [1.165, 1.54) is 116 Å². The monoisotopic (exact) mass is 1160 g/mol. The zero-order chi connectivity index (χ0) is 59.8. The molecule has 0 saturated heterocycles. The van der Waals surface area contributed by atoms with Crippen LogP contribution >= 0.6 is 7.82 Å². The van der Waals surface area contributed by atoms with E-state index in [1.54, 1.807) is 0 Å². The highest BCUT2D eigenvalue weighted by molar-refractivity contribution is 7.45. The molecule has 0 saturated carbocycles. The second-order valence-corrected chi connectivity index (χ2v) is 24.2. The second-order valence-electron chi connectivity index (χ2n) is 22.7. The van der Waals surface area contributed by atoms with Crippen molar-refractivity contribution in [2.45, 2.75) is 264 Å². The summed E-state index contributed by atoms with van der Waals surface area (Å²) >= 11 is 0. The number of phosphoric acid groups is 1. The number of allylic oxidation sites excluding steroid dienone is 22. The molecule has 0 heterocycles. The molecule has 0 aromatic rings. The molecule has 10 heteroatoms. The molecule has 2 atom stereocenters. The molecule has 82 heavy (non-hydrogen) atoms. The third kappa shape index (κ3) is 65.3. The van der Waals surface area contributed by atoms with Gasteiger partial charge in [0.05, 0.1) is 27.7 Å². The maximum absolute atomic E-state index is 12.8. The third-order valence-corrected chi connectivity index (χ3v) is 14.6. The Bertz CT molecular complexity index is 1850. The number of carbonyl (C=O) groups excluding carboxylic acids is 2. The zero-order valence-corrected chi connectivity index (χ0v) is 54.0. The number of esters is 2. The first-order chi connectivity index (χ1) is 40.0. The van der Waals surface area contributed by atoms with Crippen LogP contribution in [0.15, 0.2) is 134 Å². The van der Waals surface area contributed by atoms with Crippen LogP contribution in [0.4, 0.5) is 0 Å². The maximum atomic E-state index is 12.8. The highest BCUT2D eigenvalue weighted by Crippen LogP contribution is 2.38. The highest BCUT2D eigenvalue weighted by atomic mass is 31.2. The van der Waals surface area contributed by atoms with Gasteiger partial charge < -0.3 is 27.9 Å². The van der Waals surface area contributed by atoms with E-state index in [-0.39, 0.29) is 26.1 Å². The molecule has 2 unspecified atom stereocenters. The van der Waals surface area contributed by atoms with Crippen LogP contribution in [0.1, 0.15) is 258 Å². The Morgan fingerprint density at radius 2 is 0.695 bits per heavy atom. The van der Waals surface area contributed by atoms with Crippen LogP contribution in [-0.2, 0) is 32.7 Å². The van der Waals surface area contributed by atoms with Gasteiger partial charge in [0.1, 0.15) is 19.8 Å². The van der Waals surface area contributed by atoms with E-state index < -0.39 is 32.5 Å². The fraction of sp³-hybridized carbons (Fsp3) is 0.667. The quantitative estimate of drug-likeness (QED) is 0.0195. The van der Waals surface area contributed by atoms with E-state index in [9.17, 15) is 19.0 Å². The maximum Gasteiger partial charge on any atom is 0.306 e. The Morgan fingerprint density at radius 3 is 1.04 bits per heavy atom. The van der Waals surface area contributed by atoms with Gasteiger partial charge in [-0.25, -0.2) is 0 Å². The number of hydrogen-bond donors (Lipinski definition) is 0. The number of phosphoric ester groups is 1. The summed E-state index contributed by atoms with van der Waals surface area (Å²) in [5.74, 6) is -0.868. The summed E-state index contributed by atoms with van der Waals surface area (Å²) in [7, 11) is 1.13. The Balaban J connectivity index is 4.19. The number of likely N-dealkylation sites (N-methyl/N-ethyl adjacent to an activating group) is 1. The minimum absolute atomic E-state index is 0.0432. The molecule has 0 radical (unpaired) electrons. The second kappa shape index (κ2) is 61.7. The van der Waals surface area contributed by atoms with Gasteiger partial charge in [-0.3, -0.25) is 14.2 Å². The topological polar surface area (TPSA) is 111 Å². The number of rotatable bonds is 59. The third-order valence-electron chi connectivity index (χ3n) is 13.7. The molecule has 9 nitrogen and oxygen atoms in total. The summed E-state index contributed by atoms with van der Waals surface area (Å²) < 4.78 is 34.2. The summed E-state index contributed by atoms with van der Waals surface area (Å²) in [5, 5.41) is 0. The smallest absolute Gasteiger partial charge is 0.306 e. The first-order valence-corrected chi connectivity index (χ1v) is 34.4. The summed E-state index contributed by atoms with van der Waals surface area (Å²) in [4.78, 5) is 38.0. The molecule has 0 aliphatic heterocycles. The van der Waals surface area contributed by atoms with Crippen molar-refractivity contribution in [2.75, 3.05) is 47.5 Å². The van der Waals surface area contributed by atoms with Crippen LogP contribution in [-0.4, -0.2) is 70.0 Å². The summed E-state index contributed by atoms with van der Waals surface area (Å²) in [6.07, 6.45) is 89.4. The van der Waals surface area contributed by atoms with Crippen LogP contribution < -0.4 is 4.89 Å². The molecular formula is C72H122NO8P. The SMILES string of the molecule is CC/C=C\C/C=C\C/C=C\C/C=C\C/C=C\C/C=C\C/C=C\C/C=C\CCCCCCC(=O)OC(COC(=O)CCCCCCCCCCCCCCCC/C=C\C/C=C\C/C=C\CCCCCCC)COP(=O)([O-])OCC[N+](C)(C)C. The lowest BCUT2D eigenvalue weighted by Gasteiger charge is -2.28. The largest absolute Gasteiger partial charge is 0.756 e. The van der Waals surface area contributed by atoms with Crippen molar-refractivity contribution in [1.82, 2.24) is 0 Å². The van der Waals surface area contributed by atoms with Gasteiger partial charge in [-0.2, -0.15) is 0 Å². The van der Waals surface area contributed by atoms with Crippen LogP contribution in [0, 0.1) is 0 Å². The van der Waals surface area contributed by atoms with Crippen LogP contribution in [0.2, 0.25) is 0 Å². The average molecular weight is 1160 g/mol. The van der Waals surface area contributed by atoms with Crippen molar-refractivity contribution in [2.24, 2.45) is 0 Å². The average Bonchev–Trinajstić information content (AvgIpc) is 3.45. The van der Waals surface area contributed by atoms with Gasteiger partial charge in [-0.05, 0) is 116 Å². The molecule has 468 valence electrons. The van der Waals surface area contributed by atoms with E-state index in [0.717, 1.165) is 109 Å². The molecule has 0 aromatic heterocycles. The predicted molar refractivity (Wildman–Crippen MR) is 351 cm³/mol.